The zero-order valence-corrected chi connectivity index (χ0v) is 8.45. The number of carbonyl (C=O) groups is 1. The Bertz CT molecular complexity index is 552. The minimum absolute atomic E-state index is 0.102. The van der Waals surface area contributed by atoms with Gasteiger partial charge in [-0.1, -0.05) is 17.7 Å². The molecule has 0 aliphatic carbocycles. The van der Waals surface area contributed by atoms with Crippen LogP contribution in [0.3, 0.4) is 0 Å². The zero-order valence-electron chi connectivity index (χ0n) is 7.70. The fraction of sp³-hybridized carbons (Fsp3) is 0. The van der Waals surface area contributed by atoms with Gasteiger partial charge in [0, 0.05) is 10.7 Å². The van der Waals surface area contributed by atoms with Gasteiger partial charge in [-0.25, -0.2) is 4.79 Å². The smallest absolute Gasteiger partial charge is 0.337 e. The van der Waals surface area contributed by atoms with E-state index in [0.29, 0.717) is 5.02 Å². The maximum absolute atomic E-state index is 10.8. The van der Waals surface area contributed by atoms with E-state index in [4.69, 9.17) is 22.4 Å². The summed E-state index contributed by atoms with van der Waals surface area (Å²) in [7, 11) is 0. The second kappa shape index (κ2) is 3.44. The molecule has 76 valence electrons. The summed E-state index contributed by atoms with van der Waals surface area (Å²) in [5, 5.41) is 11.1. The molecule has 0 heterocycles. The highest BCUT2D eigenvalue weighted by Crippen LogP contribution is 2.24. The number of benzene rings is 2. The largest absolute Gasteiger partial charge is 0.478 e. The van der Waals surface area contributed by atoms with Crippen LogP contribution in [0.25, 0.3) is 10.8 Å². The number of aromatic carboxylic acids is 1. The predicted molar refractivity (Wildman–Crippen MR) is 60.3 cm³/mol. The molecule has 15 heavy (non-hydrogen) atoms. The monoisotopic (exact) mass is 221 g/mol. The molecule has 2 aromatic rings. The van der Waals surface area contributed by atoms with Gasteiger partial charge in [-0.3, -0.25) is 0 Å². The molecular formula is C11H8ClNO2. The first-order chi connectivity index (χ1) is 7.08. The van der Waals surface area contributed by atoms with Crippen LogP contribution < -0.4 is 5.73 Å². The first-order valence-corrected chi connectivity index (χ1v) is 4.68. The molecule has 0 aliphatic heterocycles. The minimum Gasteiger partial charge on any atom is -0.478 e. The van der Waals surface area contributed by atoms with E-state index in [-0.39, 0.29) is 11.3 Å². The van der Waals surface area contributed by atoms with E-state index >= 15 is 0 Å². The molecule has 0 spiro atoms. The molecule has 0 radical (unpaired) electrons. The van der Waals surface area contributed by atoms with Crippen molar-refractivity contribution in [3.05, 3.63) is 40.9 Å². The molecule has 0 saturated carbocycles. The molecule has 0 bridgehead atoms. The molecule has 2 aromatic carbocycles. The molecular weight excluding hydrogens is 214 g/mol. The number of anilines is 1. The fourth-order valence-electron chi connectivity index (χ4n) is 1.47. The third-order valence-electron chi connectivity index (χ3n) is 2.20. The Balaban J connectivity index is 2.77. The number of nitrogens with two attached hydrogens (primary N) is 1. The molecule has 0 aliphatic rings. The van der Waals surface area contributed by atoms with E-state index in [1.807, 2.05) is 0 Å². The molecule has 3 nitrogen and oxygen atoms in total. The number of hydrogen-bond donors (Lipinski definition) is 2. The number of rotatable bonds is 1. The first kappa shape index (κ1) is 9.80. The average Bonchev–Trinajstić information content (AvgIpc) is 2.17. The Morgan fingerprint density at radius 1 is 1.20 bits per heavy atom. The van der Waals surface area contributed by atoms with Gasteiger partial charge in [0.2, 0.25) is 0 Å². The second-order valence-electron chi connectivity index (χ2n) is 3.24. The quantitative estimate of drug-likeness (QED) is 0.728. The van der Waals surface area contributed by atoms with Crippen LogP contribution in [0.1, 0.15) is 10.4 Å². The number of carboxylic acids is 1. The second-order valence-corrected chi connectivity index (χ2v) is 3.67. The maximum atomic E-state index is 10.8. The minimum atomic E-state index is -1.03. The van der Waals surface area contributed by atoms with Crippen molar-refractivity contribution in [2.45, 2.75) is 0 Å². The van der Waals surface area contributed by atoms with Gasteiger partial charge in [0.25, 0.3) is 0 Å². The van der Waals surface area contributed by atoms with Crippen molar-refractivity contribution in [3.8, 4) is 0 Å². The van der Waals surface area contributed by atoms with E-state index in [1.54, 1.807) is 24.3 Å². The standard InChI is InChI=1S/C11H8ClNO2/c12-8-2-1-6-5-10(13)9(11(14)15)4-7(6)3-8/h1-5H,13H2,(H,14,15). The van der Waals surface area contributed by atoms with Crippen molar-refractivity contribution < 1.29 is 9.90 Å². The summed E-state index contributed by atoms with van der Waals surface area (Å²) < 4.78 is 0. The summed E-state index contributed by atoms with van der Waals surface area (Å²) >= 11 is 5.81. The van der Waals surface area contributed by atoms with Crippen LogP contribution >= 0.6 is 11.6 Å². The molecule has 4 heteroatoms. The van der Waals surface area contributed by atoms with Crippen molar-refractivity contribution in [1.82, 2.24) is 0 Å². The van der Waals surface area contributed by atoms with Crippen molar-refractivity contribution in [3.63, 3.8) is 0 Å². The van der Waals surface area contributed by atoms with Gasteiger partial charge >= 0.3 is 5.97 Å². The molecule has 3 N–H and O–H groups in total. The van der Waals surface area contributed by atoms with Crippen molar-refractivity contribution in [1.29, 1.82) is 0 Å². The highest BCUT2D eigenvalue weighted by atomic mass is 35.5. The van der Waals surface area contributed by atoms with Gasteiger partial charge in [0.1, 0.15) is 0 Å². The lowest BCUT2D eigenvalue weighted by molar-refractivity contribution is 0.0698. The Kier molecular flexibility index (Phi) is 2.25. The number of nitrogen functional groups attached to an aromatic ring is 1. The lowest BCUT2D eigenvalue weighted by Crippen LogP contribution is -2.01. The molecule has 0 fully saturated rings. The fourth-order valence-corrected chi connectivity index (χ4v) is 1.65. The Hall–Kier alpha value is -1.74. The van der Waals surface area contributed by atoms with Crippen LogP contribution in [0.2, 0.25) is 5.02 Å². The number of carboxylic acid groups (broad SMARTS) is 1. The van der Waals surface area contributed by atoms with Crippen molar-refractivity contribution >= 4 is 34.0 Å². The average molecular weight is 222 g/mol. The van der Waals surface area contributed by atoms with Crippen LogP contribution in [0.5, 0.6) is 0 Å². The summed E-state index contributed by atoms with van der Waals surface area (Å²) in [5.74, 6) is -1.03. The SMILES string of the molecule is Nc1cc2ccc(Cl)cc2cc1C(=O)O. The zero-order chi connectivity index (χ0) is 11.0. The third-order valence-corrected chi connectivity index (χ3v) is 2.44. The summed E-state index contributed by atoms with van der Waals surface area (Å²) in [6.45, 7) is 0. The van der Waals surface area contributed by atoms with Gasteiger partial charge in [-0.05, 0) is 35.0 Å². The molecule has 0 saturated heterocycles. The highest BCUT2D eigenvalue weighted by molar-refractivity contribution is 6.31. The summed E-state index contributed by atoms with van der Waals surface area (Å²) in [6, 6.07) is 8.42. The van der Waals surface area contributed by atoms with Crippen molar-refractivity contribution in [2.24, 2.45) is 0 Å². The molecule has 0 amide bonds. The Morgan fingerprint density at radius 3 is 2.60 bits per heavy atom. The third kappa shape index (κ3) is 1.74. The lowest BCUT2D eigenvalue weighted by atomic mass is 10.1. The van der Waals surface area contributed by atoms with Gasteiger partial charge in [0.05, 0.1) is 5.56 Å². The summed E-state index contributed by atoms with van der Waals surface area (Å²) in [6.07, 6.45) is 0. The highest BCUT2D eigenvalue weighted by Gasteiger charge is 2.09. The number of hydrogen-bond acceptors (Lipinski definition) is 2. The van der Waals surface area contributed by atoms with E-state index in [0.717, 1.165) is 10.8 Å². The normalized spacial score (nSPS) is 10.5. The van der Waals surface area contributed by atoms with E-state index < -0.39 is 5.97 Å². The lowest BCUT2D eigenvalue weighted by Gasteiger charge is -2.04. The Labute approximate surface area is 91.1 Å². The topological polar surface area (TPSA) is 63.3 Å². The summed E-state index contributed by atoms with van der Waals surface area (Å²) in [4.78, 5) is 10.8. The van der Waals surface area contributed by atoms with Gasteiger partial charge in [-0.15, -0.1) is 0 Å². The molecule has 0 unspecified atom stereocenters. The predicted octanol–water partition coefficient (Wildman–Crippen LogP) is 2.77. The van der Waals surface area contributed by atoms with Crippen LogP contribution in [0.4, 0.5) is 5.69 Å². The first-order valence-electron chi connectivity index (χ1n) is 4.30. The van der Waals surface area contributed by atoms with E-state index in [1.165, 1.54) is 6.07 Å². The maximum Gasteiger partial charge on any atom is 0.337 e. The van der Waals surface area contributed by atoms with Gasteiger partial charge in [0.15, 0.2) is 0 Å². The number of halogens is 1. The molecule has 0 atom stereocenters. The van der Waals surface area contributed by atoms with Crippen LogP contribution in [0.15, 0.2) is 30.3 Å². The van der Waals surface area contributed by atoms with Crippen LogP contribution in [-0.2, 0) is 0 Å². The van der Waals surface area contributed by atoms with Crippen LogP contribution in [-0.4, -0.2) is 11.1 Å². The van der Waals surface area contributed by atoms with Crippen LogP contribution in [0, 0.1) is 0 Å². The van der Waals surface area contributed by atoms with E-state index in [2.05, 4.69) is 0 Å². The van der Waals surface area contributed by atoms with Crippen molar-refractivity contribution in [2.75, 3.05) is 5.73 Å². The van der Waals surface area contributed by atoms with Gasteiger partial charge in [-0.2, -0.15) is 0 Å². The molecule has 0 aromatic heterocycles. The van der Waals surface area contributed by atoms with Gasteiger partial charge < -0.3 is 10.8 Å². The number of fused-ring (bicyclic) bond motifs is 1. The summed E-state index contributed by atoms with van der Waals surface area (Å²) in [5.41, 5.74) is 5.97. The van der Waals surface area contributed by atoms with E-state index in [9.17, 15) is 4.79 Å². The Morgan fingerprint density at radius 2 is 1.93 bits per heavy atom. The molecule has 2 rings (SSSR count).